The fourth-order valence-corrected chi connectivity index (χ4v) is 9.56. The van der Waals surface area contributed by atoms with E-state index in [2.05, 4.69) is 4.98 Å². The summed E-state index contributed by atoms with van der Waals surface area (Å²) in [5, 5.41) is 20.2. The minimum Gasteiger partial charge on any atom is -0.496 e. The summed E-state index contributed by atoms with van der Waals surface area (Å²) < 4.78 is 88.2. The number of aromatic nitrogens is 2. The lowest BCUT2D eigenvalue weighted by Gasteiger charge is -2.18. The van der Waals surface area contributed by atoms with Crippen molar-refractivity contribution in [1.82, 2.24) is 9.55 Å². The Balaban J connectivity index is 0.000000286. The monoisotopic (exact) mass is 1190 g/mol. The first-order valence-corrected chi connectivity index (χ1v) is 26.0. The minimum absolute atomic E-state index is 0.0144. The molecule has 5 aromatic carbocycles. The fraction of sp³-hybridized carbons (Fsp3) is 0.323. The lowest BCUT2D eigenvalue weighted by atomic mass is 9.92. The van der Waals surface area contributed by atoms with Crippen LogP contribution in [0.15, 0.2) is 78.9 Å². The number of aliphatic hydroxyl groups excluding tert-OH is 2. The summed E-state index contributed by atoms with van der Waals surface area (Å²) in [4.78, 5) is 56.5. The fourth-order valence-electron chi connectivity index (χ4n) is 9.56. The van der Waals surface area contributed by atoms with E-state index in [0.717, 1.165) is 5.56 Å². The van der Waals surface area contributed by atoms with Gasteiger partial charge < -0.3 is 95.6 Å². The number of rotatable bonds is 27. The van der Waals surface area contributed by atoms with Gasteiger partial charge in [0, 0.05) is 77.4 Å². The Hall–Kier alpha value is -9.62. The Bertz CT molecular complexity index is 3530. The van der Waals surface area contributed by atoms with Gasteiger partial charge in [-0.2, -0.15) is 0 Å². The van der Waals surface area contributed by atoms with Gasteiger partial charge in [0.15, 0.2) is 48.1 Å². The van der Waals surface area contributed by atoms with Crippen LogP contribution < -0.4 is 47.4 Å². The van der Waals surface area contributed by atoms with E-state index >= 15 is 0 Å². The third kappa shape index (κ3) is 13.8. The average molecular weight is 1200 g/mol. The first-order valence-electron chi connectivity index (χ1n) is 26.0. The molecule has 0 radical (unpaired) electrons. The molecule has 2 aromatic heterocycles. The van der Waals surface area contributed by atoms with Crippen LogP contribution in [-0.2, 0) is 54.6 Å². The molecule has 3 N–H and O–H groups in total. The van der Waals surface area contributed by atoms with Gasteiger partial charge >= 0.3 is 23.9 Å². The van der Waals surface area contributed by atoms with Crippen LogP contribution in [0.3, 0.4) is 0 Å². The van der Waals surface area contributed by atoms with Crippen LogP contribution in [0.4, 0.5) is 0 Å². The lowest BCUT2D eigenvalue weighted by molar-refractivity contribution is 0.0511. The molecule has 7 rings (SSSR count). The Kier molecular flexibility index (Phi) is 23.5. The van der Waals surface area contributed by atoms with Gasteiger partial charge in [0.05, 0.1) is 98.5 Å². The second kappa shape index (κ2) is 30.8. The Labute approximate surface area is 496 Å². The van der Waals surface area contributed by atoms with Gasteiger partial charge in [0.2, 0.25) is 0 Å². The molecule has 0 aliphatic heterocycles. The number of aliphatic hydroxyl groups is 2. The molecule has 0 aliphatic rings. The average Bonchev–Trinajstić information content (AvgIpc) is 1.63. The second-order valence-electron chi connectivity index (χ2n) is 18.0. The first-order chi connectivity index (χ1) is 41.6. The molecule has 0 atom stereocenters. The van der Waals surface area contributed by atoms with Gasteiger partial charge in [-0.1, -0.05) is 18.2 Å². The summed E-state index contributed by atoms with van der Waals surface area (Å²) in [6.07, 6.45) is 0.353. The zero-order chi connectivity index (χ0) is 62.8. The summed E-state index contributed by atoms with van der Waals surface area (Å²) in [6, 6.07) is 22.0. The maximum Gasteiger partial charge on any atom is 0.355 e. The highest BCUT2D eigenvalue weighted by molar-refractivity contribution is 6.11. The predicted octanol–water partition coefficient (Wildman–Crippen LogP) is 8.58. The molecule has 0 saturated carbocycles. The van der Waals surface area contributed by atoms with Crippen molar-refractivity contribution < 1.29 is 105 Å². The van der Waals surface area contributed by atoms with Crippen molar-refractivity contribution in [3.8, 4) is 102 Å². The summed E-state index contributed by atoms with van der Waals surface area (Å²) in [7, 11) is 19.8. The van der Waals surface area contributed by atoms with Crippen molar-refractivity contribution >= 4 is 23.9 Å². The Morgan fingerprint density at radius 3 is 1.20 bits per heavy atom. The molecule has 0 amide bonds. The Morgan fingerprint density at radius 2 is 0.779 bits per heavy atom. The molecular weight excluding hydrogens is 1120 g/mol. The van der Waals surface area contributed by atoms with Crippen molar-refractivity contribution in [2.24, 2.45) is 0 Å². The van der Waals surface area contributed by atoms with E-state index in [1.807, 2.05) is 12.1 Å². The minimum atomic E-state index is -0.741. The van der Waals surface area contributed by atoms with E-state index in [4.69, 9.17) is 75.8 Å². The number of methoxy groups -OCH3 is 14. The maximum absolute atomic E-state index is 13.9. The number of aromatic amines is 1. The molecule has 0 aliphatic carbocycles. The smallest absolute Gasteiger partial charge is 0.355 e. The number of carbonyl (C=O) groups excluding carboxylic acids is 4. The largest absolute Gasteiger partial charge is 0.496 e. The van der Waals surface area contributed by atoms with Crippen LogP contribution in [0.2, 0.25) is 0 Å². The molecule has 7 aromatic rings. The number of ether oxygens (including phenoxy) is 16. The summed E-state index contributed by atoms with van der Waals surface area (Å²) in [5.74, 6) is 0.963. The van der Waals surface area contributed by atoms with Gasteiger partial charge in [-0.3, -0.25) is 0 Å². The molecule has 0 fully saturated rings. The normalized spacial score (nSPS) is 10.7. The molecular formula is C62H70N2O22. The number of esters is 4. The van der Waals surface area contributed by atoms with Crippen LogP contribution in [-0.4, -0.2) is 157 Å². The van der Waals surface area contributed by atoms with Gasteiger partial charge in [0.25, 0.3) is 0 Å². The molecule has 24 nitrogen and oxygen atoms in total. The predicted molar refractivity (Wildman–Crippen MR) is 312 cm³/mol. The number of nitrogens with one attached hydrogen (secondary N) is 1. The first kappa shape index (κ1) is 65.5. The SMILES string of the molecule is COCOc1cc(OC)c(OC)cc1-c1c(-c2ccc(OC)c(CO)c2)c(C(=O)OC)n(CCc2ccc(OC)c(OC)c2)c1C(=O)OC.COCOc1cc(OC)c(OC)cc1-c1c(C(=O)OC)[nH]c(C(=O)OC)c1-c1ccc(OC)c(CO)c1. The molecule has 0 spiro atoms. The van der Waals surface area contributed by atoms with Gasteiger partial charge in [-0.25, -0.2) is 19.2 Å². The van der Waals surface area contributed by atoms with Crippen LogP contribution in [0.1, 0.15) is 58.6 Å². The highest BCUT2D eigenvalue weighted by Gasteiger charge is 2.36. The van der Waals surface area contributed by atoms with Crippen LogP contribution in [0.25, 0.3) is 44.5 Å². The maximum atomic E-state index is 13.9. The topological polar surface area (TPSA) is 277 Å². The van der Waals surface area contributed by atoms with E-state index in [-0.39, 0.29) is 78.7 Å². The zero-order valence-corrected chi connectivity index (χ0v) is 50.3. The highest BCUT2D eigenvalue weighted by atomic mass is 16.7. The van der Waals surface area contributed by atoms with E-state index in [9.17, 15) is 29.4 Å². The lowest BCUT2D eigenvalue weighted by Crippen LogP contribution is -2.18. The quantitative estimate of drug-likeness (QED) is 0.0247. The molecule has 0 bridgehead atoms. The molecule has 0 saturated heterocycles. The van der Waals surface area contributed by atoms with E-state index in [1.54, 1.807) is 85.5 Å². The molecule has 2 heterocycles. The van der Waals surface area contributed by atoms with Crippen molar-refractivity contribution in [3.05, 3.63) is 118 Å². The number of carbonyl (C=O) groups is 4. The third-order valence-corrected chi connectivity index (χ3v) is 13.5. The number of H-pyrrole nitrogens is 1. The highest BCUT2D eigenvalue weighted by Crippen LogP contribution is 2.50. The molecule has 86 heavy (non-hydrogen) atoms. The van der Waals surface area contributed by atoms with Crippen LogP contribution in [0, 0.1) is 0 Å². The second-order valence-corrected chi connectivity index (χ2v) is 18.0. The molecule has 24 heteroatoms. The van der Waals surface area contributed by atoms with Crippen LogP contribution >= 0.6 is 0 Å². The van der Waals surface area contributed by atoms with Gasteiger partial charge in [0.1, 0.15) is 45.8 Å². The zero-order valence-electron chi connectivity index (χ0n) is 50.3. The van der Waals surface area contributed by atoms with Gasteiger partial charge in [-0.05, 0) is 71.6 Å². The van der Waals surface area contributed by atoms with Gasteiger partial charge in [-0.15, -0.1) is 0 Å². The van der Waals surface area contributed by atoms with Crippen molar-refractivity contribution in [2.75, 3.05) is 113 Å². The van der Waals surface area contributed by atoms with Crippen molar-refractivity contribution in [3.63, 3.8) is 0 Å². The summed E-state index contributed by atoms with van der Waals surface area (Å²) in [5.41, 5.74) is 4.65. The van der Waals surface area contributed by atoms with Crippen LogP contribution in [0.5, 0.6) is 57.5 Å². The number of nitrogens with zero attached hydrogens (tertiary/aromatic N) is 1. The molecule has 0 unspecified atom stereocenters. The van der Waals surface area contributed by atoms with E-state index < -0.39 is 23.9 Å². The summed E-state index contributed by atoms with van der Waals surface area (Å²) >= 11 is 0. The number of hydrogen-bond acceptors (Lipinski definition) is 22. The number of aryl methyl sites for hydroxylation is 1. The summed E-state index contributed by atoms with van der Waals surface area (Å²) in [6.45, 7) is -0.819. The Morgan fingerprint density at radius 1 is 0.395 bits per heavy atom. The number of hydrogen-bond donors (Lipinski definition) is 3. The standard InChI is InChI=1S/C36H41NO12.C26H29NO10/c1-41-20-49-27-18-30(46-6)29(45-5)17-24(27)32-31(22-10-12-25(42-2)23(16-22)19-38)33(35(39)47-7)37(34(32)36(40)48-8)14-13-21-9-11-26(43-3)28(15-21)44-4;1-31-13-37-18-11-20(34-4)19(33-3)10-16(18)22-21(14-7-8-17(32-2)15(9-14)12-28)23(25(29)35-5)27-24(22)26(30)36-6/h9-12,15-18,38H,13-14,19-20H2,1-8H3;7-11,27-28H,12-13H2,1-6H3. The van der Waals surface area contributed by atoms with E-state index in [0.29, 0.717) is 96.9 Å². The molecule has 460 valence electrons. The van der Waals surface area contributed by atoms with E-state index in [1.165, 1.54) is 85.3 Å². The third-order valence-electron chi connectivity index (χ3n) is 13.5. The van der Waals surface area contributed by atoms with Crippen molar-refractivity contribution in [2.45, 2.75) is 26.2 Å². The van der Waals surface area contributed by atoms with Crippen molar-refractivity contribution in [1.29, 1.82) is 0 Å². The number of benzene rings is 5.